The van der Waals surface area contributed by atoms with Crippen LogP contribution in [-0.2, 0) is 23.8 Å². The van der Waals surface area contributed by atoms with Gasteiger partial charge in [-0.1, -0.05) is 130 Å². The van der Waals surface area contributed by atoms with Crippen molar-refractivity contribution >= 4 is 11.9 Å². The van der Waals surface area contributed by atoms with E-state index in [-0.39, 0.29) is 30.8 Å². The number of esters is 2. The van der Waals surface area contributed by atoms with Crippen LogP contribution in [0.4, 0.5) is 0 Å². The van der Waals surface area contributed by atoms with Crippen molar-refractivity contribution in [2.75, 3.05) is 40.0 Å². The highest BCUT2D eigenvalue weighted by molar-refractivity contribution is 5.69. The Kier molecular flexibility index (Phi) is 36.2. The molecule has 0 saturated heterocycles. The smallest absolute Gasteiger partial charge is 0.306 e. The molecule has 0 heterocycles. The van der Waals surface area contributed by atoms with Crippen LogP contribution in [0.3, 0.4) is 0 Å². The number of ether oxygens (including phenoxy) is 3. The first-order valence-electron chi connectivity index (χ1n) is 20.7. The zero-order chi connectivity index (χ0) is 35.3. The van der Waals surface area contributed by atoms with Gasteiger partial charge in [-0.3, -0.25) is 9.59 Å². The van der Waals surface area contributed by atoms with E-state index in [0.717, 1.165) is 116 Å². The molecule has 7 heteroatoms. The molecule has 0 bridgehead atoms. The van der Waals surface area contributed by atoms with Crippen LogP contribution in [0.2, 0.25) is 0 Å². The van der Waals surface area contributed by atoms with Crippen molar-refractivity contribution in [3.8, 4) is 0 Å². The van der Waals surface area contributed by atoms with E-state index in [1.807, 2.05) is 0 Å². The summed E-state index contributed by atoms with van der Waals surface area (Å²) in [7, 11) is 1.68. The molecular weight excluding hydrogens is 602 g/mol. The topological polar surface area (TPSA) is 85.3 Å². The first-order chi connectivity index (χ1) is 23.5. The number of carbonyl (C=O) groups is 2. The quantitative estimate of drug-likeness (QED) is 0.0512. The first-order valence-corrected chi connectivity index (χ1v) is 20.7. The van der Waals surface area contributed by atoms with E-state index in [4.69, 9.17) is 14.2 Å². The van der Waals surface area contributed by atoms with Gasteiger partial charge in [-0.2, -0.15) is 0 Å². The highest BCUT2D eigenvalue weighted by atomic mass is 16.6. The van der Waals surface area contributed by atoms with Crippen LogP contribution >= 0.6 is 0 Å². The number of carbonyl (C=O) groups excluding carboxylic acids is 2. The van der Waals surface area contributed by atoms with Gasteiger partial charge >= 0.3 is 11.9 Å². The fourth-order valence-corrected chi connectivity index (χ4v) is 6.34. The molecule has 48 heavy (non-hydrogen) atoms. The van der Waals surface area contributed by atoms with E-state index in [1.54, 1.807) is 7.11 Å². The summed E-state index contributed by atoms with van der Waals surface area (Å²) < 4.78 is 16.8. The fourth-order valence-electron chi connectivity index (χ4n) is 6.34. The maximum Gasteiger partial charge on any atom is 0.306 e. The van der Waals surface area contributed by atoms with Gasteiger partial charge in [0.15, 0.2) is 0 Å². The molecule has 0 rings (SSSR count). The van der Waals surface area contributed by atoms with Gasteiger partial charge in [-0.05, 0) is 70.9 Å². The van der Waals surface area contributed by atoms with E-state index >= 15 is 0 Å². The Bertz CT molecular complexity index is 690. The fraction of sp³-hybridized carbons (Fsp3) is 0.951. The molecule has 0 aliphatic rings. The van der Waals surface area contributed by atoms with E-state index in [1.165, 1.54) is 70.6 Å². The molecule has 0 aliphatic heterocycles. The van der Waals surface area contributed by atoms with Crippen molar-refractivity contribution in [2.24, 2.45) is 0 Å². The molecule has 0 amide bonds. The highest BCUT2D eigenvalue weighted by Gasteiger charge is 2.15. The number of aliphatic hydroxyl groups is 1. The minimum atomic E-state index is -0.112. The summed E-state index contributed by atoms with van der Waals surface area (Å²) in [5.41, 5.74) is 0. The number of methoxy groups -OCH3 is 1. The van der Waals surface area contributed by atoms with Crippen molar-refractivity contribution in [1.29, 1.82) is 0 Å². The van der Waals surface area contributed by atoms with Crippen LogP contribution in [-0.4, -0.2) is 74.1 Å². The normalized spacial score (nSPS) is 12.8. The third kappa shape index (κ3) is 32.0. The van der Waals surface area contributed by atoms with Crippen molar-refractivity contribution in [1.82, 2.24) is 4.90 Å². The molecule has 7 nitrogen and oxygen atoms in total. The summed E-state index contributed by atoms with van der Waals surface area (Å²) in [4.78, 5) is 27.0. The first kappa shape index (κ1) is 46.8. The number of nitrogens with zero attached hydrogens (tertiary/aromatic N) is 1. The van der Waals surface area contributed by atoms with E-state index < -0.39 is 0 Å². The maximum atomic E-state index is 12.6. The zero-order valence-electron chi connectivity index (χ0n) is 32.4. The lowest BCUT2D eigenvalue weighted by Gasteiger charge is -2.21. The minimum Gasteiger partial charge on any atom is -0.463 e. The number of rotatable bonds is 38. The Balaban J connectivity index is 4.01. The Labute approximate surface area is 298 Å². The number of hydrogen-bond donors (Lipinski definition) is 1. The predicted octanol–water partition coefficient (Wildman–Crippen LogP) is 10.7. The predicted molar refractivity (Wildman–Crippen MR) is 201 cm³/mol. The molecule has 286 valence electrons. The number of hydrogen-bond acceptors (Lipinski definition) is 7. The average molecular weight is 684 g/mol. The summed E-state index contributed by atoms with van der Waals surface area (Å²) >= 11 is 0. The molecule has 2 atom stereocenters. The molecule has 0 aliphatic carbocycles. The molecule has 1 N–H and O–H groups in total. The minimum absolute atomic E-state index is 0.00613. The van der Waals surface area contributed by atoms with Gasteiger partial charge in [0, 0.05) is 26.5 Å². The number of aliphatic hydroxyl groups excluding tert-OH is 1. The van der Waals surface area contributed by atoms with Crippen molar-refractivity contribution < 1.29 is 28.9 Å². The average Bonchev–Trinajstić information content (AvgIpc) is 3.08. The van der Waals surface area contributed by atoms with Crippen LogP contribution in [0.15, 0.2) is 0 Å². The summed E-state index contributed by atoms with van der Waals surface area (Å²) in [6.45, 7) is 9.99. The third-order valence-corrected chi connectivity index (χ3v) is 9.58. The van der Waals surface area contributed by atoms with Crippen LogP contribution in [0.1, 0.15) is 201 Å². The van der Waals surface area contributed by atoms with Crippen molar-refractivity contribution in [3.63, 3.8) is 0 Å². The third-order valence-electron chi connectivity index (χ3n) is 9.58. The monoisotopic (exact) mass is 684 g/mol. The van der Waals surface area contributed by atoms with E-state index in [0.29, 0.717) is 19.4 Å². The summed E-state index contributed by atoms with van der Waals surface area (Å²) in [6, 6.07) is 0. The molecule has 2 unspecified atom stereocenters. The SMILES string of the molecule is CCCCCCCCC(CCCCCCC)OC(=O)CCCCCCCN(CCO)CCCCCCCC(=O)OCC(CCCC)OC. The van der Waals surface area contributed by atoms with Crippen molar-refractivity contribution in [2.45, 2.75) is 213 Å². The molecule has 0 aromatic heterocycles. The van der Waals surface area contributed by atoms with Gasteiger partial charge in [0.2, 0.25) is 0 Å². The Morgan fingerprint density at radius 2 is 0.958 bits per heavy atom. The molecule has 0 radical (unpaired) electrons. The van der Waals surface area contributed by atoms with Crippen LogP contribution in [0.5, 0.6) is 0 Å². The Morgan fingerprint density at radius 1 is 0.521 bits per heavy atom. The second-order valence-corrected chi connectivity index (χ2v) is 14.2. The lowest BCUT2D eigenvalue weighted by molar-refractivity contribution is -0.150. The van der Waals surface area contributed by atoms with Crippen LogP contribution in [0, 0.1) is 0 Å². The van der Waals surface area contributed by atoms with Crippen LogP contribution in [0.25, 0.3) is 0 Å². The van der Waals surface area contributed by atoms with Gasteiger partial charge in [0.05, 0.1) is 12.7 Å². The van der Waals surface area contributed by atoms with Crippen molar-refractivity contribution in [3.05, 3.63) is 0 Å². The molecule has 0 spiro atoms. The second-order valence-electron chi connectivity index (χ2n) is 14.2. The van der Waals surface area contributed by atoms with Gasteiger partial charge in [-0.15, -0.1) is 0 Å². The summed E-state index contributed by atoms with van der Waals surface area (Å²) in [5.74, 6) is -0.106. The Hall–Kier alpha value is -1.18. The van der Waals surface area contributed by atoms with Gasteiger partial charge in [0.25, 0.3) is 0 Å². The van der Waals surface area contributed by atoms with E-state index in [9.17, 15) is 14.7 Å². The zero-order valence-corrected chi connectivity index (χ0v) is 32.4. The van der Waals surface area contributed by atoms with Crippen LogP contribution < -0.4 is 0 Å². The van der Waals surface area contributed by atoms with Gasteiger partial charge < -0.3 is 24.2 Å². The molecular formula is C41H81NO6. The standard InChI is InChI=1S/C41H81NO6/c1-5-8-11-13-17-23-30-38(29-22-16-12-9-6-2)48-41(45)32-25-19-15-21-27-34-42(35-36-43)33-26-20-14-18-24-31-40(44)47-37-39(46-4)28-10-7-3/h38-39,43H,5-37H2,1-4H3. The van der Waals surface area contributed by atoms with E-state index in [2.05, 4.69) is 25.7 Å². The summed E-state index contributed by atoms with van der Waals surface area (Å²) in [6.07, 6.45) is 31.1. The molecule has 0 saturated carbocycles. The number of unbranched alkanes of at least 4 members (excludes halogenated alkanes) is 18. The highest BCUT2D eigenvalue weighted by Crippen LogP contribution is 2.18. The second kappa shape index (κ2) is 37.1. The lowest BCUT2D eigenvalue weighted by atomic mass is 10.0. The van der Waals surface area contributed by atoms with Gasteiger partial charge in [0.1, 0.15) is 12.7 Å². The molecule has 0 aromatic carbocycles. The molecule has 0 fully saturated rings. The maximum absolute atomic E-state index is 12.6. The largest absolute Gasteiger partial charge is 0.463 e. The lowest BCUT2D eigenvalue weighted by Crippen LogP contribution is -2.29. The van der Waals surface area contributed by atoms with Gasteiger partial charge in [-0.25, -0.2) is 0 Å². The Morgan fingerprint density at radius 3 is 1.46 bits per heavy atom. The summed E-state index contributed by atoms with van der Waals surface area (Å²) in [5, 5.41) is 9.52. The molecule has 0 aromatic rings.